The molecule has 0 atom stereocenters. The molecule has 2 heterocycles. The maximum atomic E-state index is 11.9. The molecular formula is C14H22N2O2. The van der Waals surface area contributed by atoms with Gasteiger partial charge in [-0.1, -0.05) is 0 Å². The average Bonchev–Trinajstić information content (AvgIpc) is 2.80. The Bertz CT molecular complexity index is 384. The van der Waals surface area contributed by atoms with Gasteiger partial charge in [-0.05, 0) is 45.7 Å². The second-order valence-electron chi connectivity index (χ2n) is 5.87. The maximum absolute atomic E-state index is 11.9. The Morgan fingerprint density at radius 3 is 2.56 bits per heavy atom. The SMILES string of the molecule is CC(C)(C)OC(=O)N1CCC(c2ccc[nH]2)CC1. The van der Waals surface area contributed by atoms with E-state index in [0.717, 1.165) is 25.9 Å². The van der Waals surface area contributed by atoms with Crippen molar-refractivity contribution in [2.75, 3.05) is 13.1 Å². The predicted octanol–water partition coefficient (Wildman–Crippen LogP) is 3.13. The first-order chi connectivity index (χ1) is 8.46. The first-order valence-electron chi connectivity index (χ1n) is 6.57. The number of rotatable bonds is 1. The fourth-order valence-electron chi connectivity index (χ4n) is 2.30. The lowest BCUT2D eigenvalue weighted by Crippen LogP contribution is -2.41. The van der Waals surface area contributed by atoms with Gasteiger partial charge in [0, 0.05) is 30.9 Å². The van der Waals surface area contributed by atoms with E-state index in [2.05, 4.69) is 11.1 Å². The van der Waals surface area contributed by atoms with Gasteiger partial charge in [-0.25, -0.2) is 4.79 Å². The highest BCUT2D eigenvalue weighted by molar-refractivity contribution is 5.68. The standard InChI is InChI=1S/C14H22N2O2/c1-14(2,3)18-13(17)16-9-6-11(7-10-16)12-5-4-8-15-12/h4-5,8,11,15H,6-7,9-10H2,1-3H3. The summed E-state index contributed by atoms with van der Waals surface area (Å²) in [5.74, 6) is 0.540. The Morgan fingerprint density at radius 1 is 1.39 bits per heavy atom. The molecule has 4 heteroatoms. The van der Waals surface area contributed by atoms with Gasteiger partial charge in [0.15, 0.2) is 0 Å². The summed E-state index contributed by atoms with van der Waals surface area (Å²) in [7, 11) is 0. The van der Waals surface area contributed by atoms with E-state index in [1.807, 2.05) is 37.9 Å². The first kappa shape index (κ1) is 13.0. The van der Waals surface area contributed by atoms with Crippen LogP contribution in [-0.4, -0.2) is 34.7 Å². The van der Waals surface area contributed by atoms with Gasteiger partial charge in [-0.15, -0.1) is 0 Å². The summed E-state index contributed by atoms with van der Waals surface area (Å²) in [5, 5.41) is 0. The minimum atomic E-state index is -0.409. The van der Waals surface area contributed by atoms with Crippen molar-refractivity contribution >= 4 is 6.09 Å². The largest absolute Gasteiger partial charge is 0.444 e. The van der Waals surface area contributed by atoms with Gasteiger partial charge in [-0.2, -0.15) is 0 Å². The number of aromatic nitrogens is 1. The number of hydrogen-bond donors (Lipinski definition) is 1. The predicted molar refractivity (Wildman–Crippen MR) is 70.6 cm³/mol. The Labute approximate surface area is 108 Å². The van der Waals surface area contributed by atoms with Crippen LogP contribution < -0.4 is 0 Å². The van der Waals surface area contributed by atoms with Crippen LogP contribution in [0, 0.1) is 0 Å². The molecule has 0 spiro atoms. The number of ether oxygens (including phenoxy) is 1. The van der Waals surface area contributed by atoms with Crippen LogP contribution in [0.25, 0.3) is 0 Å². The topological polar surface area (TPSA) is 45.3 Å². The van der Waals surface area contributed by atoms with Crippen LogP contribution in [0.15, 0.2) is 18.3 Å². The van der Waals surface area contributed by atoms with E-state index in [0.29, 0.717) is 5.92 Å². The molecule has 1 aromatic heterocycles. The summed E-state index contributed by atoms with van der Waals surface area (Å²) in [4.78, 5) is 17.0. The summed E-state index contributed by atoms with van der Waals surface area (Å²) < 4.78 is 5.38. The van der Waals surface area contributed by atoms with Crippen molar-refractivity contribution in [1.29, 1.82) is 0 Å². The Morgan fingerprint density at radius 2 is 2.06 bits per heavy atom. The number of aromatic amines is 1. The molecule has 1 aliphatic rings. The van der Waals surface area contributed by atoms with Crippen molar-refractivity contribution in [3.63, 3.8) is 0 Å². The van der Waals surface area contributed by atoms with Gasteiger partial charge in [0.05, 0.1) is 0 Å². The number of hydrogen-bond acceptors (Lipinski definition) is 2. The second-order valence-corrected chi connectivity index (χ2v) is 5.87. The molecule has 1 amide bonds. The quantitative estimate of drug-likeness (QED) is 0.832. The molecule has 2 rings (SSSR count). The zero-order valence-corrected chi connectivity index (χ0v) is 11.4. The van der Waals surface area contributed by atoms with Gasteiger partial charge in [-0.3, -0.25) is 0 Å². The van der Waals surface area contributed by atoms with Gasteiger partial charge in [0.25, 0.3) is 0 Å². The normalized spacial score (nSPS) is 17.8. The van der Waals surface area contributed by atoms with Gasteiger partial charge in [0.1, 0.15) is 5.60 Å². The first-order valence-corrected chi connectivity index (χ1v) is 6.57. The number of nitrogens with one attached hydrogen (secondary N) is 1. The fraction of sp³-hybridized carbons (Fsp3) is 0.643. The van der Waals surface area contributed by atoms with E-state index in [-0.39, 0.29) is 6.09 Å². The molecule has 1 saturated heterocycles. The lowest BCUT2D eigenvalue weighted by Gasteiger charge is -2.33. The van der Waals surface area contributed by atoms with Crippen LogP contribution in [0.5, 0.6) is 0 Å². The monoisotopic (exact) mass is 250 g/mol. The molecule has 0 unspecified atom stereocenters. The average molecular weight is 250 g/mol. The highest BCUT2D eigenvalue weighted by Gasteiger charge is 2.27. The van der Waals surface area contributed by atoms with E-state index >= 15 is 0 Å². The van der Waals surface area contributed by atoms with Gasteiger partial charge in [0.2, 0.25) is 0 Å². The zero-order valence-electron chi connectivity index (χ0n) is 11.4. The van der Waals surface area contributed by atoms with Gasteiger partial charge < -0.3 is 14.6 Å². The fourth-order valence-corrected chi connectivity index (χ4v) is 2.30. The second kappa shape index (κ2) is 5.04. The minimum absolute atomic E-state index is 0.188. The van der Waals surface area contributed by atoms with Crippen molar-refractivity contribution in [3.05, 3.63) is 24.0 Å². The van der Waals surface area contributed by atoms with Crippen LogP contribution in [-0.2, 0) is 4.74 Å². The van der Waals surface area contributed by atoms with Crippen molar-refractivity contribution in [2.45, 2.75) is 45.1 Å². The molecule has 0 bridgehead atoms. The number of piperidine rings is 1. The molecule has 18 heavy (non-hydrogen) atoms. The molecule has 1 aromatic rings. The zero-order chi connectivity index (χ0) is 13.2. The molecule has 0 aliphatic carbocycles. The third kappa shape index (κ3) is 3.28. The molecular weight excluding hydrogens is 228 g/mol. The molecule has 4 nitrogen and oxygen atoms in total. The summed E-state index contributed by atoms with van der Waals surface area (Å²) in [6.45, 7) is 7.25. The molecule has 100 valence electrons. The number of likely N-dealkylation sites (tertiary alicyclic amines) is 1. The summed E-state index contributed by atoms with van der Waals surface area (Å²) in [5.41, 5.74) is 0.867. The van der Waals surface area contributed by atoms with Crippen LogP contribution in [0.2, 0.25) is 0 Å². The number of carbonyl (C=O) groups excluding carboxylic acids is 1. The van der Waals surface area contributed by atoms with E-state index in [9.17, 15) is 4.79 Å². The minimum Gasteiger partial charge on any atom is -0.444 e. The van der Waals surface area contributed by atoms with Crippen LogP contribution >= 0.6 is 0 Å². The summed E-state index contributed by atoms with van der Waals surface area (Å²) in [6.07, 6.45) is 3.77. The maximum Gasteiger partial charge on any atom is 0.410 e. The lowest BCUT2D eigenvalue weighted by atomic mass is 9.94. The lowest BCUT2D eigenvalue weighted by molar-refractivity contribution is 0.0204. The van der Waals surface area contributed by atoms with Crippen LogP contribution in [0.1, 0.15) is 45.2 Å². The van der Waals surface area contributed by atoms with E-state index in [1.165, 1.54) is 5.69 Å². The smallest absolute Gasteiger partial charge is 0.410 e. The number of carbonyl (C=O) groups is 1. The molecule has 1 aliphatic heterocycles. The molecule has 0 aromatic carbocycles. The molecule has 1 fully saturated rings. The van der Waals surface area contributed by atoms with Crippen molar-refractivity contribution in [2.24, 2.45) is 0 Å². The molecule has 1 N–H and O–H groups in total. The molecule has 0 radical (unpaired) electrons. The molecule has 0 saturated carbocycles. The Balaban J connectivity index is 1.85. The number of H-pyrrole nitrogens is 1. The number of amides is 1. The van der Waals surface area contributed by atoms with E-state index < -0.39 is 5.60 Å². The van der Waals surface area contributed by atoms with Crippen LogP contribution in [0.4, 0.5) is 4.79 Å². The van der Waals surface area contributed by atoms with Crippen LogP contribution in [0.3, 0.4) is 0 Å². The van der Waals surface area contributed by atoms with Gasteiger partial charge >= 0.3 is 6.09 Å². The van der Waals surface area contributed by atoms with E-state index in [1.54, 1.807) is 0 Å². The Hall–Kier alpha value is -1.45. The van der Waals surface area contributed by atoms with Crippen molar-refractivity contribution < 1.29 is 9.53 Å². The summed E-state index contributed by atoms with van der Waals surface area (Å²) in [6, 6.07) is 4.14. The van der Waals surface area contributed by atoms with Crippen molar-refractivity contribution in [3.8, 4) is 0 Å². The van der Waals surface area contributed by atoms with E-state index in [4.69, 9.17) is 4.74 Å². The third-order valence-electron chi connectivity index (χ3n) is 3.21. The number of nitrogens with zero attached hydrogens (tertiary/aromatic N) is 1. The van der Waals surface area contributed by atoms with Crippen molar-refractivity contribution in [1.82, 2.24) is 9.88 Å². The third-order valence-corrected chi connectivity index (χ3v) is 3.21. The summed E-state index contributed by atoms with van der Waals surface area (Å²) >= 11 is 0. The highest BCUT2D eigenvalue weighted by Crippen LogP contribution is 2.27. The Kier molecular flexibility index (Phi) is 3.64. The highest BCUT2D eigenvalue weighted by atomic mass is 16.6.